The summed E-state index contributed by atoms with van der Waals surface area (Å²) >= 11 is 0. The fraction of sp³-hybridized carbons (Fsp3) is 0.105. The van der Waals surface area contributed by atoms with Crippen LogP contribution in [0.3, 0.4) is 0 Å². The van der Waals surface area contributed by atoms with E-state index in [1.807, 2.05) is 0 Å². The Labute approximate surface area is 123 Å². The van der Waals surface area contributed by atoms with Crippen molar-refractivity contribution in [2.75, 3.05) is 0 Å². The Bertz CT molecular complexity index is 929. The fourth-order valence-electron chi connectivity index (χ4n) is 2.89. The molecular weight excluding hydrogens is 256 g/mol. The van der Waals surface area contributed by atoms with E-state index < -0.39 is 0 Å². The van der Waals surface area contributed by atoms with Crippen molar-refractivity contribution in [2.24, 2.45) is 0 Å². The Kier molecular flexibility index (Phi) is 2.74. The second kappa shape index (κ2) is 4.74. The number of rotatable bonds is 2. The van der Waals surface area contributed by atoms with Crippen LogP contribution in [0, 0.1) is 6.92 Å². The molecule has 0 bridgehead atoms. The van der Waals surface area contributed by atoms with Crippen molar-refractivity contribution >= 4 is 21.8 Å². The molecule has 4 aromatic rings. The Morgan fingerprint density at radius 2 is 1.81 bits per heavy atom. The molecule has 0 saturated carbocycles. The van der Waals surface area contributed by atoms with Crippen LogP contribution in [-0.4, -0.2) is 9.97 Å². The van der Waals surface area contributed by atoms with Gasteiger partial charge in [-0.25, -0.2) is 4.98 Å². The number of hydrogen-bond acceptors (Lipinski definition) is 1. The maximum Gasteiger partial charge on any atom is 0.111 e. The van der Waals surface area contributed by atoms with Gasteiger partial charge >= 0.3 is 0 Å². The first-order valence-corrected chi connectivity index (χ1v) is 7.21. The first kappa shape index (κ1) is 12.2. The van der Waals surface area contributed by atoms with E-state index in [1.165, 1.54) is 21.9 Å². The second-order valence-electron chi connectivity index (χ2n) is 5.52. The molecule has 21 heavy (non-hydrogen) atoms. The van der Waals surface area contributed by atoms with Gasteiger partial charge in [-0.1, -0.05) is 48.5 Å². The molecule has 1 heterocycles. The summed E-state index contributed by atoms with van der Waals surface area (Å²) in [6, 6.07) is 21.3. The summed E-state index contributed by atoms with van der Waals surface area (Å²) < 4.78 is 0. The highest BCUT2D eigenvalue weighted by Gasteiger charge is 2.06. The standard InChI is InChI=1S/C19H16N2/c1-13-9-10-17-18(11-13)21-19(20-17)12-15-7-4-6-14-5-2-3-8-16(14)15/h2-11H,12H2,1H3,(H,20,21). The third-order valence-corrected chi connectivity index (χ3v) is 3.92. The molecule has 0 atom stereocenters. The Hall–Kier alpha value is -2.61. The smallest absolute Gasteiger partial charge is 0.111 e. The molecule has 0 saturated heterocycles. The molecule has 0 unspecified atom stereocenters. The summed E-state index contributed by atoms with van der Waals surface area (Å²) in [5, 5.41) is 2.58. The second-order valence-corrected chi connectivity index (χ2v) is 5.52. The average molecular weight is 272 g/mol. The largest absolute Gasteiger partial charge is 0.342 e. The van der Waals surface area contributed by atoms with Crippen LogP contribution < -0.4 is 0 Å². The van der Waals surface area contributed by atoms with Crippen LogP contribution in [0.2, 0.25) is 0 Å². The number of imidazole rings is 1. The number of aryl methyl sites for hydroxylation is 1. The molecule has 0 fully saturated rings. The number of nitrogens with one attached hydrogen (secondary N) is 1. The van der Waals surface area contributed by atoms with Gasteiger partial charge in [0, 0.05) is 6.42 Å². The number of aromatic amines is 1. The minimum Gasteiger partial charge on any atom is -0.342 e. The van der Waals surface area contributed by atoms with E-state index in [0.29, 0.717) is 0 Å². The van der Waals surface area contributed by atoms with Gasteiger partial charge in [-0.3, -0.25) is 0 Å². The maximum atomic E-state index is 4.70. The number of H-pyrrole nitrogens is 1. The molecule has 0 amide bonds. The van der Waals surface area contributed by atoms with Gasteiger partial charge in [0.2, 0.25) is 0 Å². The summed E-state index contributed by atoms with van der Waals surface area (Å²) in [7, 11) is 0. The van der Waals surface area contributed by atoms with E-state index in [0.717, 1.165) is 23.3 Å². The van der Waals surface area contributed by atoms with Gasteiger partial charge < -0.3 is 4.98 Å². The molecule has 1 N–H and O–H groups in total. The molecule has 4 rings (SSSR count). The first-order chi connectivity index (χ1) is 10.3. The van der Waals surface area contributed by atoms with Crippen LogP contribution in [0.1, 0.15) is 17.0 Å². The quantitative estimate of drug-likeness (QED) is 0.567. The zero-order valence-electron chi connectivity index (χ0n) is 11.9. The lowest BCUT2D eigenvalue weighted by atomic mass is 10.0. The van der Waals surface area contributed by atoms with Gasteiger partial charge in [0.25, 0.3) is 0 Å². The van der Waals surface area contributed by atoms with Gasteiger partial charge in [-0.15, -0.1) is 0 Å². The highest BCUT2D eigenvalue weighted by Crippen LogP contribution is 2.22. The molecule has 0 radical (unpaired) electrons. The minimum atomic E-state index is 0.828. The van der Waals surface area contributed by atoms with Crippen LogP contribution in [0.25, 0.3) is 21.8 Å². The highest BCUT2D eigenvalue weighted by atomic mass is 14.9. The summed E-state index contributed by atoms with van der Waals surface area (Å²) in [6.45, 7) is 2.10. The van der Waals surface area contributed by atoms with Crippen molar-refractivity contribution in [1.29, 1.82) is 0 Å². The van der Waals surface area contributed by atoms with Crippen molar-refractivity contribution in [3.8, 4) is 0 Å². The van der Waals surface area contributed by atoms with Crippen molar-refractivity contribution in [3.05, 3.63) is 77.6 Å². The summed E-state index contributed by atoms with van der Waals surface area (Å²) in [5.74, 6) is 1.02. The van der Waals surface area contributed by atoms with Crippen LogP contribution >= 0.6 is 0 Å². The lowest BCUT2D eigenvalue weighted by Gasteiger charge is -2.04. The van der Waals surface area contributed by atoms with E-state index in [9.17, 15) is 0 Å². The molecular formula is C19H16N2. The van der Waals surface area contributed by atoms with E-state index in [2.05, 4.69) is 72.6 Å². The summed E-state index contributed by atoms with van der Waals surface area (Å²) in [6.07, 6.45) is 0.828. The van der Waals surface area contributed by atoms with E-state index >= 15 is 0 Å². The zero-order chi connectivity index (χ0) is 14.2. The lowest BCUT2D eigenvalue weighted by Crippen LogP contribution is -1.91. The molecule has 0 aliphatic rings. The number of hydrogen-bond donors (Lipinski definition) is 1. The third-order valence-electron chi connectivity index (χ3n) is 3.92. The van der Waals surface area contributed by atoms with Crippen LogP contribution in [0.5, 0.6) is 0 Å². The van der Waals surface area contributed by atoms with Crippen molar-refractivity contribution in [1.82, 2.24) is 9.97 Å². The third kappa shape index (κ3) is 2.19. The Balaban J connectivity index is 1.79. The monoisotopic (exact) mass is 272 g/mol. The minimum absolute atomic E-state index is 0.828. The lowest BCUT2D eigenvalue weighted by molar-refractivity contribution is 1.05. The molecule has 1 aromatic heterocycles. The normalized spacial score (nSPS) is 11.3. The SMILES string of the molecule is Cc1ccc2nc(Cc3cccc4ccccc34)[nH]c2c1. The highest BCUT2D eigenvalue weighted by molar-refractivity contribution is 5.86. The average Bonchev–Trinajstić information content (AvgIpc) is 2.89. The van der Waals surface area contributed by atoms with Crippen LogP contribution in [0.15, 0.2) is 60.7 Å². The van der Waals surface area contributed by atoms with Crippen LogP contribution in [0.4, 0.5) is 0 Å². The van der Waals surface area contributed by atoms with Gasteiger partial charge in [-0.2, -0.15) is 0 Å². The molecule has 0 spiro atoms. The van der Waals surface area contributed by atoms with Gasteiger partial charge in [-0.05, 0) is 41.0 Å². The van der Waals surface area contributed by atoms with Crippen molar-refractivity contribution < 1.29 is 0 Å². The topological polar surface area (TPSA) is 28.7 Å². The molecule has 0 aliphatic carbocycles. The zero-order valence-corrected chi connectivity index (χ0v) is 11.9. The summed E-state index contributed by atoms with van der Waals surface area (Å²) in [4.78, 5) is 8.14. The first-order valence-electron chi connectivity index (χ1n) is 7.21. The molecule has 102 valence electrons. The van der Waals surface area contributed by atoms with Gasteiger partial charge in [0.05, 0.1) is 11.0 Å². The summed E-state index contributed by atoms with van der Waals surface area (Å²) in [5.41, 5.74) is 4.72. The van der Waals surface area contributed by atoms with Gasteiger partial charge in [0.15, 0.2) is 0 Å². The number of benzene rings is 3. The molecule has 3 aromatic carbocycles. The predicted octanol–water partition coefficient (Wildman–Crippen LogP) is 4.62. The van der Waals surface area contributed by atoms with E-state index in [4.69, 9.17) is 4.98 Å². The van der Waals surface area contributed by atoms with Crippen molar-refractivity contribution in [3.63, 3.8) is 0 Å². The number of nitrogens with zero attached hydrogens (tertiary/aromatic N) is 1. The fourth-order valence-corrected chi connectivity index (χ4v) is 2.89. The molecule has 2 nitrogen and oxygen atoms in total. The van der Waals surface area contributed by atoms with E-state index in [-0.39, 0.29) is 0 Å². The van der Waals surface area contributed by atoms with Crippen molar-refractivity contribution in [2.45, 2.75) is 13.3 Å². The van der Waals surface area contributed by atoms with Crippen LogP contribution in [-0.2, 0) is 6.42 Å². The number of fused-ring (bicyclic) bond motifs is 2. The Morgan fingerprint density at radius 1 is 0.952 bits per heavy atom. The predicted molar refractivity (Wildman–Crippen MR) is 87.6 cm³/mol. The van der Waals surface area contributed by atoms with Gasteiger partial charge in [0.1, 0.15) is 5.82 Å². The number of aromatic nitrogens is 2. The van der Waals surface area contributed by atoms with E-state index in [1.54, 1.807) is 0 Å². The molecule has 0 aliphatic heterocycles. The molecule has 2 heteroatoms. The Morgan fingerprint density at radius 3 is 2.76 bits per heavy atom. The maximum absolute atomic E-state index is 4.70.